The lowest BCUT2D eigenvalue weighted by Gasteiger charge is -2.13. The standard InChI is InChI=1S/C25H30N4O3.HI/c1-4-26-25(29-17-20-11-12-23(30-2)24(15-20)31-3)28-16-19-8-7-10-22(14-19)32-18-21-9-5-6-13-27-21;/h5-15H,4,16-18H2,1-3H3,(H2,26,28,29);1H. The first-order chi connectivity index (χ1) is 15.7. The summed E-state index contributed by atoms with van der Waals surface area (Å²) in [6, 6.07) is 19.6. The number of guanidine groups is 1. The number of nitrogens with zero attached hydrogens (tertiary/aromatic N) is 2. The third-order valence-corrected chi connectivity index (χ3v) is 4.68. The van der Waals surface area contributed by atoms with Gasteiger partial charge in [-0.1, -0.05) is 24.3 Å². The largest absolute Gasteiger partial charge is 0.493 e. The van der Waals surface area contributed by atoms with Crippen LogP contribution in [-0.4, -0.2) is 31.7 Å². The second-order valence-electron chi connectivity index (χ2n) is 7.00. The van der Waals surface area contributed by atoms with Crippen LogP contribution in [0.25, 0.3) is 0 Å². The number of hydrogen-bond acceptors (Lipinski definition) is 5. The van der Waals surface area contributed by atoms with Crippen LogP contribution in [0, 0.1) is 0 Å². The summed E-state index contributed by atoms with van der Waals surface area (Å²) < 4.78 is 16.5. The number of methoxy groups -OCH3 is 2. The van der Waals surface area contributed by atoms with E-state index in [-0.39, 0.29) is 24.0 Å². The molecule has 0 saturated carbocycles. The Morgan fingerprint density at radius 3 is 2.48 bits per heavy atom. The molecule has 2 aromatic carbocycles. The van der Waals surface area contributed by atoms with Crippen molar-refractivity contribution in [1.82, 2.24) is 15.6 Å². The van der Waals surface area contributed by atoms with Crippen molar-refractivity contribution in [3.05, 3.63) is 83.7 Å². The van der Waals surface area contributed by atoms with Gasteiger partial charge in [-0.05, 0) is 54.4 Å². The average Bonchev–Trinajstić information content (AvgIpc) is 2.85. The smallest absolute Gasteiger partial charge is 0.191 e. The summed E-state index contributed by atoms with van der Waals surface area (Å²) in [4.78, 5) is 8.99. The second kappa shape index (κ2) is 14.2. The van der Waals surface area contributed by atoms with Crippen molar-refractivity contribution in [2.24, 2.45) is 4.99 Å². The minimum absolute atomic E-state index is 0. The van der Waals surface area contributed by atoms with E-state index in [2.05, 4.69) is 15.6 Å². The third kappa shape index (κ3) is 8.45. The number of rotatable bonds is 10. The van der Waals surface area contributed by atoms with Gasteiger partial charge in [0.25, 0.3) is 0 Å². The van der Waals surface area contributed by atoms with Gasteiger partial charge in [-0.2, -0.15) is 0 Å². The summed E-state index contributed by atoms with van der Waals surface area (Å²) in [6.45, 7) is 4.38. The van der Waals surface area contributed by atoms with Crippen LogP contribution in [0.3, 0.4) is 0 Å². The number of pyridine rings is 1. The highest BCUT2D eigenvalue weighted by atomic mass is 127. The fourth-order valence-electron chi connectivity index (χ4n) is 3.06. The molecule has 0 saturated heterocycles. The van der Waals surface area contributed by atoms with E-state index in [0.29, 0.717) is 31.2 Å². The molecule has 1 aromatic heterocycles. The predicted octanol–water partition coefficient (Wildman–Crippen LogP) is 4.55. The van der Waals surface area contributed by atoms with Crippen LogP contribution in [0.2, 0.25) is 0 Å². The molecule has 0 spiro atoms. The number of hydrogen-bond donors (Lipinski definition) is 2. The van der Waals surface area contributed by atoms with Crippen molar-refractivity contribution >= 4 is 29.9 Å². The molecule has 3 aromatic rings. The molecule has 0 amide bonds. The fourth-order valence-corrected chi connectivity index (χ4v) is 3.06. The number of ether oxygens (including phenoxy) is 3. The number of nitrogens with one attached hydrogen (secondary N) is 2. The van der Waals surface area contributed by atoms with E-state index in [1.165, 1.54) is 0 Å². The topological polar surface area (TPSA) is 77.0 Å². The van der Waals surface area contributed by atoms with Crippen LogP contribution < -0.4 is 24.8 Å². The SMILES string of the molecule is CCNC(=NCc1cccc(OCc2ccccn2)c1)NCc1ccc(OC)c(OC)c1.I. The summed E-state index contributed by atoms with van der Waals surface area (Å²) in [5, 5.41) is 6.64. The molecular formula is C25H31IN4O3. The second-order valence-corrected chi connectivity index (χ2v) is 7.00. The molecule has 0 bridgehead atoms. The average molecular weight is 562 g/mol. The zero-order valence-corrected chi connectivity index (χ0v) is 21.5. The molecule has 2 N–H and O–H groups in total. The molecule has 0 aliphatic rings. The molecule has 0 aliphatic heterocycles. The van der Waals surface area contributed by atoms with Crippen molar-refractivity contribution in [1.29, 1.82) is 0 Å². The summed E-state index contributed by atoms with van der Waals surface area (Å²) in [5.41, 5.74) is 3.02. The summed E-state index contributed by atoms with van der Waals surface area (Å²) in [6.07, 6.45) is 1.76. The highest BCUT2D eigenvalue weighted by Gasteiger charge is 2.06. The molecule has 0 aliphatic carbocycles. The van der Waals surface area contributed by atoms with Gasteiger partial charge in [0.1, 0.15) is 12.4 Å². The van der Waals surface area contributed by atoms with Crippen molar-refractivity contribution in [2.75, 3.05) is 20.8 Å². The molecule has 176 valence electrons. The number of halogens is 1. The Balaban J connectivity index is 0.00000385. The Labute approximate surface area is 212 Å². The summed E-state index contributed by atoms with van der Waals surface area (Å²) >= 11 is 0. The van der Waals surface area contributed by atoms with Crippen LogP contribution >= 0.6 is 24.0 Å². The molecule has 0 radical (unpaired) electrons. The zero-order valence-electron chi connectivity index (χ0n) is 19.2. The third-order valence-electron chi connectivity index (χ3n) is 4.68. The molecule has 3 rings (SSSR count). The van der Waals surface area contributed by atoms with Crippen molar-refractivity contribution in [3.63, 3.8) is 0 Å². The van der Waals surface area contributed by atoms with Gasteiger partial charge in [0, 0.05) is 19.3 Å². The van der Waals surface area contributed by atoms with E-state index < -0.39 is 0 Å². The lowest BCUT2D eigenvalue weighted by molar-refractivity contribution is 0.301. The normalized spacial score (nSPS) is 10.7. The summed E-state index contributed by atoms with van der Waals surface area (Å²) in [7, 11) is 3.26. The highest BCUT2D eigenvalue weighted by Crippen LogP contribution is 2.27. The van der Waals surface area contributed by atoms with Crippen LogP contribution in [0.5, 0.6) is 17.2 Å². The first-order valence-corrected chi connectivity index (χ1v) is 10.6. The number of benzene rings is 2. The molecule has 0 atom stereocenters. The molecule has 1 heterocycles. The van der Waals surface area contributed by atoms with E-state index in [9.17, 15) is 0 Å². The fraction of sp³-hybridized carbons (Fsp3) is 0.280. The molecular weight excluding hydrogens is 531 g/mol. The Morgan fingerprint density at radius 1 is 0.909 bits per heavy atom. The van der Waals surface area contributed by atoms with Gasteiger partial charge in [-0.25, -0.2) is 4.99 Å². The summed E-state index contributed by atoms with van der Waals surface area (Å²) in [5.74, 6) is 2.95. The van der Waals surface area contributed by atoms with Crippen molar-refractivity contribution in [2.45, 2.75) is 26.6 Å². The monoisotopic (exact) mass is 562 g/mol. The van der Waals surface area contributed by atoms with Gasteiger partial charge in [-0.3, -0.25) is 4.98 Å². The van der Waals surface area contributed by atoms with E-state index in [4.69, 9.17) is 19.2 Å². The lowest BCUT2D eigenvalue weighted by Crippen LogP contribution is -2.36. The first-order valence-electron chi connectivity index (χ1n) is 10.6. The van der Waals surface area contributed by atoms with Gasteiger partial charge in [-0.15, -0.1) is 24.0 Å². The minimum Gasteiger partial charge on any atom is -0.493 e. The van der Waals surface area contributed by atoms with Crippen molar-refractivity contribution < 1.29 is 14.2 Å². The number of aromatic nitrogens is 1. The Morgan fingerprint density at radius 2 is 1.76 bits per heavy atom. The molecule has 7 nitrogen and oxygen atoms in total. The molecule has 33 heavy (non-hydrogen) atoms. The Hall–Kier alpha value is -3.01. The maximum absolute atomic E-state index is 5.87. The number of aliphatic imine (C=N–C) groups is 1. The minimum atomic E-state index is 0. The van der Waals surface area contributed by atoms with Crippen LogP contribution in [0.15, 0.2) is 71.9 Å². The van der Waals surface area contributed by atoms with Crippen LogP contribution in [-0.2, 0) is 19.7 Å². The van der Waals surface area contributed by atoms with Gasteiger partial charge < -0.3 is 24.8 Å². The van der Waals surface area contributed by atoms with E-state index >= 15 is 0 Å². The zero-order chi connectivity index (χ0) is 22.6. The van der Waals surface area contributed by atoms with E-state index in [1.54, 1.807) is 20.4 Å². The predicted molar refractivity (Wildman–Crippen MR) is 142 cm³/mol. The quantitative estimate of drug-likeness (QED) is 0.215. The van der Waals surface area contributed by atoms with Crippen LogP contribution in [0.1, 0.15) is 23.7 Å². The van der Waals surface area contributed by atoms with Crippen molar-refractivity contribution in [3.8, 4) is 17.2 Å². The van der Waals surface area contributed by atoms with E-state index in [0.717, 1.165) is 35.1 Å². The highest BCUT2D eigenvalue weighted by molar-refractivity contribution is 14.0. The van der Waals surface area contributed by atoms with Gasteiger partial charge in [0.15, 0.2) is 17.5 Å². The maximum Gasteiger partial charge on any atom is 0.191 e. The van der Waals surface area contributed by atoms with Crippen LogP contribution in [0.4, 0.5) is 0 Å². The maximum atomic E-state index is 5.87. The Bertz CT molecular complexity index is 1020. The molecule has 0 unspecified atom stereocenters. The van der Waals surface area contributed by atoms with E-state index in [1.807, 2.05) is 67.6 Å². The van der Waals surface area contributed by atoms with Gasteiger partial charge in [0.05, 0.1) is 26.5 Å². The molecule has 0 fully saturated rings. The first kappa shape index (κ1) is 26.2. The lowest BCUT2D eigenvalue weighted by atomic mass is 10.2. The Kier molecular flexibility index (Phi) is 11.3. The van der Waals surface area contributed by atoms with Gasteiger partial charge >= 0.3 is 0 Å². The van der Waals surface area contributed by atoms with Gasteiger partial charge in [0.2, 0.25) is 0 Å². The molecule has 8 heteroatoms.